The van der Waals surface area contributed by atoms with Gasteiger partial charge in [0.25, 0.3) is 0 Å². The van der Waals surface area contributed by atoms with E-state index in [0.29, 0.717) is 6.54 Å². The topological polar surface area (TPSA) is 73.6 Å². The monoisotopic (exact) mass is 302 g/mol. The Balaban J connectivity index is 0.00000361. The van der Waals surface area contributed by atoms with E-state index in [1.165, 1.54) is 7.11 Å². The molecule has 1 amide bonds. The molecule has 0 aliphatic rings. The first-order chi connectivity index (χ1) is 9.04. The molecule has 0 bridgehead atoms. The smallest absolute Gasteiger partial charge is 0.239 e. The molecule has 0 saturated heterocycles. The van der Waals surface area contributed by atoms with E-state index in [1.807, 2.05) is 38.1 Å². The summed E-state index contributed by atoms with van der Waals surface area (Å²) in [7, 11) is 1.51. The van der Waals surface area contributed by atoms with Gasteiger partial charge in [0, 0.05) is 7.11 Å². The Kier molecular flexibility index (Phi) is 8.96. The molecule has 0 saturated carbocycles. The van der Waals surface area contributed by atoms with Crippen molar-refractivity contribution in [2.45, 2.75) is 26.0 Å². The lowest BCUT2D eigenvalue weighted by atomic mass is 10.2. The molecular formula is C14H23ClN2O3. The number of aryl methyl sites for hydroxylation is 1. The van der Waals surface area contributed by atoms with Crippen LogP contribution < -0.4 is 15.8 Å². The molecule has 1 aromatic carbocycles. The second-order valence-electron chi connectivity index (χ2n) is 4.50. The van der Waals surface area contributed by atoms with Gasteiger partial charge in [-0.3, -0.25) is 4.79 Å². The van der Waals surface area contributed by atoms with E-state index in [4.69, 9.17) is 15.2 Å². The van der Waals surface area contributed by atoms with Crippen molar-refractivity contribution in [2.24, 2.45) is 5.73 Å². The van der Waals surface area contributed by atoms with Crippen molar-refractivity contribution in [3.05, 3.63) is 29.8 Å². The highest BCUT2D eigenvalue weighted by atomic mass is 35.5. The van der Waals surface area contributed by atoms with Crippen molar-refractivity contribution in [3.63, 3.8) is 0 Å². The lowest BCUT2D eigenvalue weighted by molar-refractivity contribution is -0.123. The van der Waals surface area contributed by atoms with Gasteiger partial charge >= 0.3 is 0 Å². The van der Waals surface area contributed by atoms with Crippen LogP contribution in [0.3, 0.4) is 0 Å². The maximum absolute atomic E-state index is 11.6. The first-order valence-electron chi connectivity index (χ1n) is 6.29. The first-order valence-corrected chi connectivity index (χ1v) is 6.29. The minimum Gasteiger partial charge on any atom is -0.489 e. The number of carbonyl (C=O) groups excluding carboxylic acids is 1. The predicted octanol–water partition coefficient (Wildman–Crippen LogP) is 1.27. The highest BCUT2D eigenvalue weighted by Crippen LogP contribution is 2.17. The lowest BCUT2D eigenvalue weighted by Crippen LogP contribution is -2.46. The molecule has 0 aromatic heterocycles. The van der Waals surface area contributed by atoms with E-state index in [1.54, 1.807) is 0 Å². The number of ether oxygens (including phenoxy) is 2. The molecule has 2 atom stereocenters. The van der Waals surface area contributed by atoms with Crippen LogP contribution in [0.25, 0.3) is 0 Å². The molecule has 0 aliphatic heterocycles. The van der Waals surface area contributed by atoms with Crippen LogP contribution in [0.4, 0.5) is 0 Å². The fraction of sp³-hybridized carbons (Fsp3) is 0.500. The SMILES string of the molecule is COCC(N)C(=O)NCC(C)Oc1ccccc1C.Cl. The van der Waals surface area contributed by atoms with Crippen molar-refractivity contribution in [3.8, 4) is 5.75 Å². The van der Waals surface area contributed by atoms with Gasteiger partial charge in [0.2, 0.25) is 5.91 Å². The Hall–Kier alpha value is -1.30. The standard InChI is InChI=1S/C14H22N2O3.ClH/c1-10-6-4-5-7-13(10)19-11(2)8-16-14(17)12(15)9-18-3;/h4-7,11-12H,8-9,15H2,1-3H3,(H,16,17);1H. The van der Waals surface area contributed by atoms with Gasteiger partial charge in [-0.05, 0) is 25.5 Å². The molecule has 6 heteroatoms. The van der Waals surface area contributed by atoms with Crippen LogP contribution >= 0.6 is 12.4 Å². The Morgan fingerprint density at radius 2 is 2.05 bits per heavy atom. The molecule has 3 N–H and O–H groups in total. The van der Waals surface area contributed by atoms with E-state index in [-0.39, 0.29) is 31.0 Å². The third-order valence-electron chi connectivity index (χ3n) is 2.67. The number of nitrogens with one attached hydrogen (secondary N) is 1. The number of hydrogen-bond donors (Lipinski definition) is 2. The molecule has 20 heavy (non-hydrogen) atoms. The zero-order valence-corrected chi connectivity index (χ0v) is 12.9. The zero-order chi connectivity index (χ0) is 14.3. The number of benzene rings is 1. The number of methoxy groups -OCH3 is 1. The summed E-state index contributed by atoms with van der Waals surface area (Å²) >= 11 is 0. The first kappa shape index (κ1) is 18.7. The van der Waals surface area contributed by atoms with Crippen molar-refractivity contribution >= 4 is 18.3 Å². The molecule has 0 radical (unpaired) electrons. The van der Waals surface area contributed by atoms with Crippen LogP contribution in [0.5, 0.6) is 5.75 Å². The van der Waals surface area contributed by atoms with E-state index < -0.39 is 6.04 Å². The van der Waals surface area contributed by atoms with Crippen molar-refractivity contribution in [1.82, 2.24) is 5.32 Å². The number of amides is 1. The fourth-order valence-electron chi connectivity index (χ4n) is 1.58. The highest BCUT2D eigenvalue weighted by Gasteiger charge is 2.14. The van der Waals surface area contributed by atoms with E-state index >= 15 is 0 Å². The van der Waals surface area contributed by atoms with Crippen LogP contribution in [0, 0.1) is 6.92 Å². The molecule has 1 aromatic rings. The largest absolute Gasteiger partial charge is 0.489 e. The molecule has 0 heterocycles. The minimum absolute atomic E-state index is 0. The van der Waals surface area contributed by atoms with Gasteiger partial charge < -0.3 is 20.5 Å². The van der Waals surface area contributed by atoms with E-state index in [2.05, 4.69) is 5.32 Å². The predicted molar refractivity (Wildman–Crippen MR) is 81.4 cm³/mol. The van der Waals surface area contributed by atoms with Crippen LogP contribution in [-0.2, 0) is 9.53 Å². The zero-order valence-electron chi connectivity index (χ0n) is 12.1. The number of para-hydroxylation sites is 1. The second kappa shape index (κ2) is 9.58. The summed E-state index contributed by atoms with van der Waals surface area (Å²) in [5.41, 5.74) is 6.68. The van der Waals surface area contributed by atoms with Gasteiger partial charge in [-0.1, -0.05) is 18.2 Å². The Morgan fingerprint density at radius 3 is 2.65 bits per heavy atom. The van der Waals surface area contributed by atoms with Crippen LogP contribution in [0.15, 0.2) is 24.3 Å². The van der Waals surface area contributed by atoms with Gasteiger partial charge in [-0.2, -0.15) is 0 Å². The van der Waals surface area contributed by atoms with Crippen LogP contribution in [0.1, 0.15) is 12.5 Å². The summed E-state index contributed by atoms with van der Waals surface area (Å²) < 4.78 is 10.6. The molecule has 1 rings (SSSR count). The third kappa shape index (κ3) is 6.23. The molecular weight excluding hydrogens is 280 g/mol. The van der Waals surface area contributed by atoms with Gasteiger partial charge in [0.1, 0.15) is 17.9 Å². The molecule has 5 nitrogen and oxygen atoms in total. The molecule has 0 fully saturated rings. The summed E-state index contributed by atoms with van der Waals surface area (Å²) in [6.45, 7) is 4.49. The summed E-state index contributed by atoms with van der Waals surface area (Å²) in [6, 6.07) is 7.12. The number of halogens is 1. The Bertz CT molecular complexity index is 415. The molecule has 2 unspecified atom stereocenters. The lowest BCUT2D eigenvalue weighted by Gasteiger charge is -2.18. The van der Waals surface area contributed by atoms with Gasteiger partial charge in [0.15, 0.2) is 0 Å². The summed E-state index contributed by atoms with van der Waals surface area (Å²) in [6.07, 6.45) is -0.125. The quantitative estimate of drug-likeness (QED) is 0.795. The summed E-state index contributed by atoms with van der Waals surface area (Å²) in [5, 5.41) is 2.74. The van der Waals surface area contributed by atoms with Gasteiger partial charge in [-0.25, -0.2) is 0 Å². The summed E-state index contributed by atoms with van der Waals surface area (Å²) in [4.78, 5) is 11.6. The number of hydrogen-bond acceptors (Lipinski definition) is 4. The Morgan fingerprint density at radius 1 is 1.40 bits per heavy atom. The maximum Gasteiger partial charge on any atom is 0.239 e. The Labute approximate surface area is 126 Å². The van der Waals surface area contributed by atoms with E-state index in [0.717, 1.165) is 11.3 Å². The van der Waals surface area contributed by atoms with Gasteiger partial charge in [0.05, 0.1) is 13.2 Å². The third-order valence-corrected chi connectivity index (χ3v) is 2.67. The normalized spacial score (nSPS) is 13.0. The number of nitrogens with two attached hydrogens (primary N) is 1. The maximum atomic E-state index is 11.6. The fourth-order valence-corrected chi connectivity index (χ4v) is 1.58. The second-order valence-corrected chi connectivity index (χ2v) is 4.50. The molecule has 114 valence electrons. The number of carbonyl (C=O) groups is 1. The average molecular weight is 303 g/mol. The average Bonchev–Trinajstić information content (AvgIpc) is 2.39. The van der Waals surface area contributed by atoms with Crippen molar-refractivity contribution in [2.75, 3.05) is 20.3 Å². The highest BCUT2D eigenvalue weighted by molar-refractivity contribution is 5.85. The van der Waals surface area contributed by atoms with Gasteiger partial charge in [-0.15, -0.1) is 12.4 Å². The van der Waals surface area contributed by atoms with Crippen molar-refractivity contribution in [1.29, 1.82) is 0 Å². The summed E-state index contributed by atoms with van der Waals surface area (Å²) in [5.74, 6) is 0.590. The number of rotatable bonds is 7. The molecule has 0 spiro atoms. The van der Waals surface area contributed by atoms with Crippen molar-refractivity contribution < 1.29 is 14.3 Å². The van der Waals surface area contributed by atoms with Crippen LogP contribution in [-0.4, -0.2) is 38.3 Å². The minimum atomic E-state index is -0.643. The molecule has 0 aliphatic carbocycles. The van der Waals surface area contributed by atoms with E-state index in [9.17, 15) is 4.79 Å². The van der Waals surface area contributed by atoms with Crippen LogP contribution in [0.2, 0.25) is 0 Å².